The first kappa shape index (κ1) is 25.7. The van der Waals surface area contributed by atoms with Gasteiger partial charge in [-0.15, -0.1) is 24.0 Å². The van der Waals surface area contributed by atoms with Crippen molar-refractivity contribution in [3.63, 3.8) is 0 Å². The van der Waals surface area contributed by atoms with Gasteiger partial charge in [-0.3, -0.25) is 9.59 Å². The van der Waals surface area contributed by atoms with E-state index >= 15 is 0 Å². The molecular weight excluding hydrogens is 533 g/mol. The van der Waals surface area contributed by atoms with Gasteiger partial charge >= 0.3 is 0 Å². The van der Waals surface area contributed by atoms with Crippen LogP contribution < -0.4 is 10.2 Å². The largest absolute Gasteiger partial charge is 0.376 e. The maximum atomic E-state index is 12.2. The highest BCUT2D eigenvalue weighted by Crippen LogP contribution is 2.38. The average Bonchev–Trinajstić information content (AvgIpc) is 3.53. The van der Waals surface area contributed by atoms with Crippen molar-refractivity contribution in [1.29, 1.82) is 0 Å². The summed E-state index contributed by atoms with van der Waals surface area (Å²) in [6.45, 7) is 4.05. The van der Waals surface area contributed by atoms with Crippen LogP contribution in [-0.2, 0) is 14.3 Å². The zero-order valence-electron chi connectivity index (χ0n) is 19.7. The van der Waals surface area contributed by atoms with E-state index in [1.165, 1.54) is 5.56 Å². The molecule has 2 atom stereocenters. The second-order valence-corrected chi connectivity index (χ2v) is 9.08. The Labute approximate surface area is 213 Å². The first-order valence-electron chi connectivity index (χ1n) is 11.8. The second-order valence-electron chi connectivity index (χ2n) is 9.08. The minimum absolute atomic E-state index is 0. The van der Waals surface area contributed by atoms with Gasteiger partial charge in [-0.05, 0) is 37.3 Å². The summed E-state index contributed by atoms with van der Waals surface area (Å²) < 4.78 is 5.78. The summed E-state index contributed by atoms with van der Waals surface area (Å²) in [6, 6.07) is 8.41. The monoisotopic (exact) mass is 569 g/mol. The number of carbonyl (C=O) groups is 2. The summed E-state index contributed by atoms with van der Waals surface area (Å²) in [5, 5.41) is 3.48. The third kappa shape index (κ3) is 6.38. The zero-order valence-corrected chi connectivity index (χ0v) is 22.0. The van der Waals surface area contributed by atoms with Crippen LogP contribution in [0.3, 0.4) is 0 Å². The Kier molecular flexibility index (Phi) is 9.37. The summed E-state index contributed by atoms with van der Waals surface area (Å²) in [6.07, 6.45) is 4.88. The van der Waals surface area contributed by atoms with Crippen LogP contribution in [0.5, 0.6) is 0 Å². The van der Waals surface area contributed by atoms with Crippen molar-refractivity contribution in [1.82, 2.24) is 15.1 Å². The van der Waals surface area contributed by atoms with E-state index in [1.54, 1.807) is 19.0 Å². The normalized spacial score (nSPS) is 22.4. The molecule has 0 aliphatic carbocycles. The molecule has 0 aromatic heterocycles. The smallest absolute Gasteiger partial charge is 0.243 e. The molecular formula is C24H36IN5O3. The minimum Gasteiger partial charge on any atom is -0.376 e. The molecule has 1 N–H and O–H groups in total. The fourth-order valence-electron chi connectivity index (χ4n) is 4.73. The van der Waals surface area contributed by atoms with E-state index in [4.69, 9.17) is 9.73 Å². The molecule has 33 heavy (non-hydrogen) atoms. The second kappa shape index (κ2) is 12.0. The lowest BCUT2D eigenvalue weighted by Gasteiger charge is -2.25. The molecule has 0 bridgehead atoms. The highest BCUT2D eigenvalue weighted by atomic mass is 127. The summed E-state index contributed by atoms with van der Waals surface area (Å²) in [5.41, 5.74) is 2.41. The van der Waals surface area contributed by atoms with Gasteiger partial charge in [0.2, 0.25) is 11.8 Å². The SMILES string of the molecule is CN(C)C(=O)CN=C(NCC1CCCO1)N1CC(CCN2CCCC2=O)c2ccccc21.I. The molecule has 1 aromatic carbocycles. The molecule has 0 radical (unpaired) electrons. The van der Waals surface area contributed by atoms with Gasteiger partial charge < -0.3 is 24.8 Å². The number of fused-ring (bicyclic) bond motifs is 1. The minimum atomic E-state index is -0.0296. The highest BCUT2D eigenvalue weighted by Gasteiger charge is 2.32. The number of para-hydroxylation sites is 1. The van der Waals surface area contributed by atoms with Crippen molar-refractivity contribution in [2.45, 2.75) is 44.1 Å². The molecule has 2 saturated heterocycles. The Bertz CT molecular complexity index is 856. The number of hydrogen-bond acceptors (Lipinski definition) is 4. The Morgan fingerprint density at radius 2 is 2.09 bits per heavy atom. The van der Waals surface area contributed by atoms with Crippen molar-refractivity contribution in [2.75, 3.05) is 58.3 Å². The van der Waals surface area contributed by atoms with E-state index in [9.17, 15) is 9.59 Å². The van der Waals surface area contributed by atoms with E-state index in [2.05, 4.69) is 28.4 Å². The lowest BCUT2D eigenvalue weighted by molar-refractivity contribution is -0.128. The maximum Gasteiger partial charge on any atom is 0.243 e. The molecule has 4 rings (SSSR count). The number of rotatable bonds is 7. The number of amides is 2. The van der Waals surface area contributed by atoms with Gasteiger partial charge in [-0.1, -0.05) is 18.2 Å². The van der Waals surface area contributed by atoms with Gasteiger partial charge in [-0.25, -0.2) is 4.99 Å². The number of nitrogens with one attached hydrogen (secondary N) is 1. The number of likely N-dealkylation sites (N-methyl/N-ethyl adjacent to an activating group) is 1. The van der Waals surface area contributed by atoms with E-state index in [1.807, 2.05) is 11.0 Å². The Morgan fingerprint density at radius 1 is 1.27 bits per heavy atom. The van der Waals surface area contributed by atoms with E-state index in [0.29, 0.717) is 18.9 Å². The van der Waals surface area contributed by atoms with Crippen molar-refractivity contribution in [3.05, 3.63) is 29.8 Å². The fraction of sp³-hybridized carbons (Fsp3) is 0.625. The van der Waals surface area contributed by atoms with Gasteiger partial charge in [0.25, 0.3) is 0 Å². The van der Waals surface area contributed by atoms with Crippen molar-refractivity contribution >= 4 is 47.4 Å². The number of nitrogens with zero attached hydrogens (tertiary/aromatic N) is 4. The van der Waals surface area contributed by atoms with Crippen LogP contribution in [0.15, 0.2) is 29.3 Å². The van der Waals surface area contributed by atoms with Crippen LogP contribution in [0.25, 0.3) is 0 Å². The summed E-state index contributed by atoms with van der Waals surface area (Å²) in [4.78, 5) is 34.7. The van der Waals surface area contributed by atoms with E-state index < -0.39 is 0 Å². The van der Waals surface area contributed by atoms with Crippen LogP contribution in [0.2, 0.25) is 0 Å². The number of ether oxygens (including phenoxy) is 1. The quantitative estimate of drug-likeness (QED) is 0.310. The molecule has 3 heterocycles. The maximum absolute atomic E-state index is 12.2. The number of likely N-dealkylation sites (tertiary alicyclic amines) is 1. The number of benzene rings is 1. The van der Waals surface area contributed by atoms with Crippen molar-refractivity contribution < 1.29 is 14.3 Å². The molecule has 3 aliphatic rings. The first-order chi connectivity index (χ1) is 15.5. The predicted molar refractivity (Wildman–Crippen MR) is 140 cm³/mol. The zero-order chi connectivity index (χ0) is 22.5. The lowest BCUT2D eigenvalue weighted by atomic mass is 9.98. The molecule has 2 amide bonds. The first-order valence-corrected chi connectivity index (χ1v) is 11.8. The third-order valence-corrected chi connectivity index (χ3v) is 6.62. The fourth-order valence-corrected chi connectivity index (χ4v) is 4.73. The molecule has 0 spiro atoms. The molecule has 2 unspecified atom stereocenters. The molecule has 8 nitrogen and oxygen atoms in total. The summed E-state index contributed by atoms with van der Waals surface area (Å²) in [7, 11) is 3.50. The van der Waals surface area contributed by atoms with Crippen LogP contribution in [0.4, 0.5) is 5.69 Å². The summed E-state index contributed by atoms with van der Waals surface area (Å²) in [5.74, 6) is 1.29. The molecule has 0 saturated carbocycles. The number of halogens is 1. The summed E-state index contributed by atoms with van der Waals surface area (Å²) >= 11 is 0. The molecule has 182 valence electrons. The number of anilines is 1. The van der Waals surface area contributed by atoms with Gasteiger partial charge in [0.15, 0.2) is 5.96 Å². The predicted octanol–water partition coefficient (Wildman–Crippen LogP) is 2.43. The van der Waals surface area contributed by atoms with Gasteiger partial charge in [-0.2, -0.15) is 0 Å². The number of carbonyl (C=O) groups excluding carboxylic acids is 2. The van der Waals surface area contributed by atoms with Crippen LogP contribution >= 0.6 is 24.0 Å². The Hall–Kier alpha value is -1.88. The number of aliphatic imine (C=N–C) groups is 1. The molecule has 9 heteroatoms. The molecule has 2 fully saturated rings. The Balaban J connectivity index is 0.00000306. The van der Waals surface area contributed by atoms with Crippen LogP contribution in [0.1, 0.15) is 43.6 Å². The average molecular weight is 569 g/mol. The van der Waals surface area contributed by atoms with E-state index in [-0.39, 0.29) is 48.4 Å². The topological polar surface area (TPSA) is 77.5 Å². The van der Waals surface area contributed by atoms with Crippen molar-refractivity contribution in [2.24, 2.45) is 4.99 Å². The van der Waals surface area contributed by atoms with Crippen molar-refractivity contribution in [3.8, 4) is 0 Å². The van der Waals surface area contributed by atoms with E-state index in [0.717, 1.165) is 63.6 Å². The third-order valence-electron chi connectivity index (χ3n) is 6.62. The standard InChI is InChI=1S/C24H35N5O3.HI/c1-27(2)23(31)16-26-24(25-15-19-7-6-14-32-19)29-17-18(20-8-3-4-9-21(20)29)11-13-28-12-5-10-22(28)30;/h3-4,8-9,18-19H,5-7,10-17H2,1-2H3,(H,25,26);1H. The number of hydrogen-bond donors (Lipinski definition) is 1. The van der Waals surface area contributed by atoms with Gasteiger partial charge in [0.05, 0.1) is 6.10 Å². The van der Waals surface area contributed by atoms with Gasteiger partial charge in [0.1, 0.15) is 6.54 Å². The lowest BCUT2D eigenvalue weighted by Crippen LogP contribution is -2.44. The molecule has 3 aliphatic heterocycles. The molecule has 1 aromatic rings. The van der Waals surface area contributed by atoms with Crippen LogP contribution in [0, 0.1) is 0 Å². The highest BCUT2D eigenvalue weighted by molar-refractivity contribution is 14.0. The van der Waals surface area contributed by atoms with Crippen LogP contribution in [-0.4, -0.2) is 87.1 Å². The van der Waals surface area contributed by atoms with Gasteiger partial charge in [0, 0.05) is 64.9 Å². The number of guanidine groups is 1. The Morgan fingerprint density at radius 3 is 2.79 bits per heavy atom.